The molecule has 1 fully saturated rings. The Kier molecular flexibility index (Phi) is 5.66. The van der Waals surface area contributed by atoms with Crippen molar-refractivity contribution in [1.29, 1.82) is 0 Å². The largest absolute Gasteiger partial charge is 0.417 e. The molecule has 24 heavy (non-hydrogen) atoms. The Labute approximate surface area is 143 Å². The summed E-state index contributed by atoms with van der Waals surface area (Å²) < 4.78 is 66.6. The average molecular weight is 387 g/mol. The lowest BCUT2D eigenvalue weighted by atomic mass is 9.82. The van der Waals surface area contributed by atoms with Crippen molar-refractivity contribution in [3.8, 4) is 0 Å². The van der Waals surface area contributed by atoms with E-state index in [-0.39, 0.29) is 23.1 Å². The monoisotopic (exact) mass is 386 g/mol. The highest BCUT2D eigenvalue weighted by atomic mass is 35.5. The number of anilines is 1. The van der Waals surface area contributed by atoms with Crippen LogP contribution in [0.4, 0.5) is 19.0 Å². The van der Waals surface area contributed by atoms with Crippen LogP contribution < -0.4 is 5.32 Å². The van der Waals surface area contributed by atoms with Gasteiger partial charge in [-0.25, -0.2) is 13.4 Å². The Hall–Kier alpha value is -1.06. The summed E-state index contributed by atoms with van der Waals surface area (Å²) in [5.41, 5.74) is -1.49. The van der Waals surface area contributed by atoms with E-state index in [4.69, 9.17) is 16.3 Å². The Morgan fingerprint density at radius 3 is 2.50 bits per heavy atom. The summed E-state index contributed by atoms with van der Waals surface area (Å²) in [4.78, 5) is 3.71. The number of rotatable bonds is 5. The second-order valence-corrected chi connectivity index (χ2v) is 8.64. The maximum Gasteiger partial charge on any atom is 0.417 e. The zero-order chi connectivity index (χ0) is 18.0. The van der Waals surface area contributed by atoms with Gasteiger partial charge in [0.25, 0.3) is 0 Å². The predicted molar refractivity (Wildman–Crippen MR) is 84.9 cm³/mol. The van der Waals surface area contributed by atoms with Crippen molar-refractivity contribution in [2.24, 2.45) is 5.41 Å². The van der Waals surface area contributed by atoms with Crippen molar-refractivity contribution in [2.45, 2.75) is 19.0 Å². The third-order valence-electron chi connectivity index (χ3n) is 3.92. The van der Waals surface area contributed by atoms with Crippen LogP contribution in [0.5, 0.6) is 0 Å². The zero-order valence-corrected chi connectivity index (χ0v) is 14.6. The molecular weight excluding hydrogens is 369 g/mol. The zero-order valence-electron chi connectivity index (χ0n) is 13.0. The number of halogens is 4. The van der Waals surface area contributed by atoms with Gasteiger partial charge in [-0.15, -0.1) is 0 Å². The van der Waals surface area contributed by atoms with Gasteiger partial charge in [0.15, 0.2) is 0 Å². The van der Waals surface area contributed by atoms with Gasteiger partial charge in [-0.05, 0) is 18.9 Å². The molecule has 2 heterocycles. The molecule has 0 aromatic carbocycles. The van der Waals surface area contributed by atoms with E-state index >= 15 is 0 Å². The molecule has 5 nitrogen and oxygen atoms in total. The minimum Gasteiger partial charge on any atom is -0.381 e. The van der Waals surface area contributed by atoms with Crippen LogP contribution in [0.15, 0.2) is 12.3 Å². The Morgan fingerprint density at radius 1 is 1.38 bits per heavy atom. The lowest BCUT2D eigenvalue weighted by Gasteiger charge is -2.36. The quantitative estimate of drug-likeness (QED) is 0.842. The first-order valence-corrected chi connectivity index (χ1v) is 9.67. The van der Waals surface area contributed by atoms with E-state index in [9.17, 15) is 21.6 Å². The number of ether oxygens (including phenoxy) is 1. The fraction of sp³-hybridized carbons (Fsp3) is 0.643. The number of pyridine rings is 1. The van der Waals surface area contributed by atoms with Crippen LogP contribution in [-0.2, 0) is 20.8 Å². The van der Waals surface area contributed by atoms with Crippen LogP contribution >= 0.6 is 11.6 Å². The van der Waals surface area contributed by atoms with Crippen LogP contribution in [0.1, 0.15) is 18.4 Å². The minimum absolute atomic E-state index is 0.0331. The highest BCUT2D eigenvalue weighted by molar-refractivity contribution is 7.90. The number of alkyl halides is 3. The van der Waals surface area contributed by atoms with Gasteiger partial charge in [0.05, 0.1) is 16.3 Å². The fourth-order valence-corrected chi connectivity index (χ4v) is 4.46. The molecule has 1 aliphatic heterocycles. The molecule has 2 rings (SSSR count). The van der Waals surface area contributed by atoms with Gasteiger partial charge in [0, 0.05) is 37.6 Å². The SMILES string of the molecule is CS(=O)(=O)CC1(CNc2ncc(C(F)(F)F)cc2Cl)CCOCC1. The van der Waals surface area contributed by atoms with E-state index in [1.807, 2.05) is 0 Å². The van der Waals surface area contributed by atoms with Crippen molar-refractivity contribution in [2.75, 3.05) is 37.1 Å². The summed E-state index contributed by atoms with van der Waals surface area (Å²) in [6.45, 7) is 1.11. The van der Waals surface area contributed by atoms with E-state index in [1.165, 1.54) is 0 Å². The first-order valence-electron chi connectivity index (χ1n) is 7.23. The number of nitrogens with zero attached hydrogens (tertiary/aromatic N) is 1. The number of nitrogens with one attached hydrogen (secondary N) is 1. The van der Waals surface area contributed by atoms with E-state index in [2.05, 4.69) is 10.3 Å². The van der Waals surface area contributed by atoms with Crippen molar-refractivity contribution >= 4 is 27.3 Å². The van der Waals surface area contributed by atoms with Crippen LogP contribution in [-0.4, -0.2) is 45.2 Å². The van der Waals surface area contributed by atoms with Crippen LogP contribution in [0.3, 0.4) is 0 Å². The molecule has 0 saturated carbocycles. The fourth-order valence-electron chi connectivity index (χ4n) is 2.73. The van der Waals surface area contributed by atoms with Gasteiger partial charge in [-0.1, -0.05) is 11.6 Å². The van der Waals surface area contributed by atoms with Crippen molar-refractivity contribution in [1.82, 2.24) is 4.98 Å². The maximum absolute atomic E-state index is 12.6. The second-order valence-electron chi connectivity index (χ2n) is 6.09. The van der Waals surface area contributed by atoms with E-state index in [0.29, 0.717) is 32.3 Å². The molecule has 1 saturated heterocycles. The highest BCUT2D eigenvalue weighted by Crippen LogP contribution is 2.35. The second kappa shape index (κ2) is 7.05. The van der Waals surface area contributed by atoms with Crippen molar-refractivity contribution in [3.63, 3.8) is 0 Å². The third-order valence-corrected chi connectivity index (χ3v) is 5.35. The topological polar surface area (TPSA) is 68.3 Å². The molecule has 0 radical (unpaired) electrons. The first-order chi connectivity index (χ1) is 11.0. The molecule has 1 aliphatic rings. The van der Waals surface area contributed by atoms with Gasteiger partial charge < -0.3 is 10.1 Å². The molecule has 1 aromatic heterocycles. The van der Waals surface area contributed by atoms with Gasteiger partial charge in [-0.2, -0.15) is 13.2 Å². The van der Waals surface area contributed by atoms with E-state index in [1.54, 1.807) is 0 Å². The molecule has 0 aliphatic carbocycles. The maximum atomic E-state index is 12.6. The smallest absolute Gasteiger partial charge is 0.381 e. The third kappa shape index (κ3) is 5.22. The molecular formula is C14H18ClF3N2O3S. The van der Waals surface area contributed by atoms with Gasteiger partial charge in [0.2, 0.25) is 0 Å². The van der Waals surface area contributed by atoms with E-state index < -0.39 is 27.0 Å². The van der Waals surface area contributed by atoms with Gasteiger partial charge in [-0.3, -0.25) is 0 Å². The Bertz CT molecular complexity index is 689. The summed E-state index contributed by atoms with van der Waals surface area (Å²) >= 11 is 5.86. The van der Waals surface area contributed by atoms with Crippen molar-refractivity contribution < 1.29 is 26.3 Å². The average Bonchev–Trinajstić information content (AvgIpc) is 2.44. The summed E-state index contributed by atoms with van der Waals surface area (Å²) in [6.07, 6.45) is -1.60. The molecule has 0 unspecified atom stereocenters. The predicted octanol–water partition coefficient (Wildman–Crippen LogP) is 3.01. The van der Waals surface area contributed by atoms with Crippen LogP contribution in [0.25, 0.3) is 0 Å². The Morgan fingerprint density at radius 2 is 2.00 bits per heavy atom. The molecule has 10 heteroatoms. The standard InChI is InChI=1S/C14H18ClF3N2O3S/c1-24(21,22)9-13(2-4-23-5-3-13)8-20-12-11(15)6-10(7-19-12)14(16,17)18/h6-7H,2-5,8-9H2,1H3,(H,19,20). The minimum atomic E-state index is -4.52. The summed E-state index contributed by atoms with van der Waals surface area (Å²) in [7, 11) is -3.22. The highest BCUT2D eigenvalue weighted by Gasteiger charge is 2.36. The van der Waals surface area contributed by atoms with E-state index in [0.717, 1.165) is 12.3 Å². The molecule has 1 N–H and O–H groups in total. The molecule has 0 spiro atoms. The lowest BCUT2D eigenvalue weighted by Crippen LogP contribution is -2.41. The van der Waals surface area contributed by atoms with Crippen LogP contribution in [0.2, 0.25) is 5.02 Å². The normalized spacial score (nSPS) is 18.4. The lowest BCUT2D eigenvalue weighted by molar-refractivity contribution is -0.137. The first kappa shape index (κ1) is 19.3. The van der Waals surface area contributed by atoms with Crippen molar-refractivity contribution in [3.05, 3.63) is 22.8 Å². The Balaban J connectivity index is 2.14. The van der Waals surface area contributed by atoms with Gasteiger partial charge >= 0.3 is 6.18 Å². The van der Waals surface area contributed by atoms with Gasteiger partial charge in [0.1, 0.15) is 15.7 Å². The van der Waals surface area contributed by atoms with Crippen LogP contribution in [0, 0.1) is 5.41 Å². The molecule has 1 aromatic rings. The molecule has 136 valence electrons. The molecule has 0 bridgehead atoms. The molecule has 0 amide bonds. The summed E-state index contributed by atoms with van der Waals surface area (Å²) in [5.74, 6) is 0.0678. The number of sulfone groups is 1. The number of hydrogen-bond acceptors (Lipinski definition) is 5. The number of hydrogen-bond donors (Lipinski definition) is 1. The number of aromatic nitrogens is 1. The summed E-state index contributed by atoms with van der Waals surface area (Å²) in [5, 5.41) is 2.73. The summed E-state index contributed by atoms with van der Waals surface area (Å²) in [6, 6.07) is 0.796. The molecule has 0 atom stereocenters.